The van der Waals surface area contributed by atoms with Crippen molar-refractivity contribution in [3.05, 3.63) is 0 Å². The lowest BCUT2D eigenvalue weighted by Crippen LogP contribution is -2.65. The lowest BCUT2D eigenvalue weighted by atomic mass is 9.41. The number of carboxylic acid groups (broad SMARTS) is 1. The normalized spacial score (nSPS) is 52.4. The maximum absolute atomic E-state index is 11.7. The molecule has 0 aromatic rings. The molecule has 6 heteroatoms. The molecule has 0 heterocycles. The molecule has 4 aliphatic rings. The van der Waals surface area contributed by atoms with Gasteiger partial charge in [0.05, 0.1) is 18.3 Å². The summed E-state index contributed by atoms with van der Waals surface area (Å²) >= 11 is 0. The number of aliphatic hydroxyl groups is 4. The van der Waals surface area contributed by atoms with Gasteiger partial charge in [0.15, 0.2) is 6.10 Å². The molecule has 0 amide bonds. The Labute approximate surface area is 192 Å². The minimum absolute atomic E-state index is 0.0156. The first kappa shape index (κ1) is 24.4. The van der Waals surface area contributed by atoms with Gasteiger partial charge in [-0.2, -0.15) is 0 Å². The maximum Gasteiger partial charge on any atom is 0.332 e. The van der Waals surface area contributed by atoms with Gasteiger partial charge in [0.25, 0.3) is 0 Å². The largest absolute Gasteiger partial charge is 0.479 e. The zero-order chi connectivity index (χ0) is 23.6. The van der Waals surface area contributed by atoms with E-state index in [1.807, 2.05) is 6.92 Å². The summed E-state index contributed by atoms with van der Waals surface area (Å²) < 4.78 is 0. The lowest BCUT2D eigenvalue weighted by molar-refractivity contribution is -0.228. The molecular weight excluding hydrogens is 408 g/mol. The van der Waals surface area contributed by atoms with Gasteiger partial charge in [-0.3, -0.25) is 0 Å². The van der Waals surface area contributed by atoms with Crippen LogP contribution in [-0.2, 0) is 4.79 Å². The van der Waals surface area contributed by atoms with E-state index in [9.17, 15) is 30.3 Å². The van der Waals surface area contributed by atoms with E-state index in [2.05, 4.69) is 20.8 Å². The van der Waals surface area contributed by atoms with Crippen LogP contribution in [0, 0.1) is 52.3 Å². The molecule has 0 bridgehead atoms. The summed E-state index contributed by atoms with van der Waals surface area (Å²) in [5, 5.41) is 52.9. The van der Waals surface area contributed by atoms with Gasteiger partial charge in [-0.15, -0.1) is 0 Å². The molecule has 6 nitrogen and oxygen atoms in total. The molecule has 0 radical (unpaired) electrons. The molecule has 0 aliphatic heterocycles. The van der Waals surface area contributed by atoms with Crippen LogP contribution in [0.3, 0.4) is 0 Å². The topological polar surface area (TPSA) is 118 Å². The van der Waals surface area contributed by atoms with Crippen molar-refractivity contribution >= 4 is 5.97 Å². The Bertz CT molecular complexity index is 712. The lowest BCUT2D eigenvalue weighted by Gasteiger charge is -2.65. The van der Waals surface area contributed by atoms with Crippen LogP contribution in [0.5, 0.6) is 0 Å². The fourth-order valence-electron chi connectivity index (χ4n) is 9.51. The third-order valence-corrected chi connectivity index (χ3v) is 11.1. The first-order valence-corrected chi connectivity index (χ1v) is 12.9. The molecule has 0 aromatic heterocycles. The van der Waals surface area contributed by atoms with Crippen LogP contribution in [0.1, 0.15) is 79.1 Å². The number of hydrogen-bond donors (Lipinski definition) is 5. The summed E-state index contributed by atoms with van der Waals surface area (Å²) in [7, 11) is 0. The summed E-state index contributed by atoms with van der Waals surface area (Å²) in [6.45, 7) is 8.67. The van der Waals surface area contributed by atoms with Crippen LogP contribution in [0.4, 0.5) is 0 Å². The second kappa shape index (κ2) is 8.51. The standard InChI is InChI=1S/C26H44O6/c1-5-15-18-11-14(27)8-9-25(18,3)19-12-21(29)26(4)16(13(2)10-20(28)24(31)32)6-7-17(26)22(19)23(15)30/h13-23,27-30H,5-12H2,1-4H3,(H,31,32)/t13-,14-,15-,16-,17?,18+,19?,20+,21+,22+,23-,25+,26-/m1/s1. The number of hydrogen-bond acceptors (Lipinski definition) is 5. The van der Waals surface area contributed by atoms with Gasteiger partial charge in [-0.25, -0.2) is 4.79 Å². The Kier molecular flexibility index (Phi) is 6.50. The van der Waals surface area contributed by atoms with Crippen molar-refractivity contribution in [3.63, 3.8) is 0 Å². The van der Waals surface area contributed by atoms with E-state index in [1.54, 1.807) is 0 Å². The van der Waals surface area contributed by atoms with E-state index >= 15 is 0 Å². The summed E-state index contributed by atoms with van der Waals surface area (Å²) in [5.41, 5.74) is -0.356. The zero-order valence-corrected chi connectivity index (χ0v) is 20.2. The third-order valence-electron chi connectivity index (χ3n) is 11.1. The van der Waals surface area contributed by atoms with E-state index in [0.717, 1.165) is 38.5 Å². The molecule has 32 heavy (non-hydrogen) atoms. The van der Waals surface area contributed by atoms with E-state index in [4.69, 9.17) is 0 Å². The van der Waals surface area contributed by atoms with Crippen LogP contribution >= 0.6 is 0 Å². The zero-order valence-electron chi connectivity index (χ0n) is 20.2. The highest BCUT2D eigenvalue weighted by Crippen LogP contribution is 2.69. The summed E-state index contributed by atoms with van der Waals surface area (Å²) in [6.07, 6.45) is 3.50. The maximum atomic E-state index is 11.7. The molecule has 4 rings (SSSR count). The predicted molar refractivity (Wildman–Crippen MR) is 121 cm³/mol. The van der Waals surface area contributed by atoms with Crippen molar-refractivity contribution in [1.82, 2.24) is 0 Å². The quantitative estimate of drug-likeness (QED) is 0.438. The molecule has 13 atom stereocenters. The van der Waals surface area contributed by atoms with Crippen molar-refractivity contribution in [2.24, 2.45) is 52.3 Å². The molecule has 0 spiro atoms. The number of fused-ring (bicyclic) bond motifs is 5. The fraction of sp³-hybridized carbons (Fsp3) is 0.962. The number of rotatable bonds is 5. The number of carbonyl (C=O) groups is 1. The molecular formula is C26H44O6. The Balaban J connectivity index is 1.66. The first-order chi connectivity index (χ1) is 15.0. The van der Waals surface area contributed by atoms with Crippen molar-refractivity contribution in [3.8, 4) is 0 Å². The summed E-state index contributed by atoms with van der Waals surface area (Å²) in [6, 6.07) is 0. The van der Waals surface area contributed by atoms with Gasteiger partial charge < -0.3 is 25.5 Å². The number of aliphatic hydroxyl groups excluding tert-OH is 4. The van der Waals surface area contributed by atoms with Gasteiger partial charge in [0, 0.05) is 0 Å². The average molecular weight is 453 g/mol. The Morgan fingerprint density at radius 1 is 1.03 bits per heavy atom. The second-order valence-corrected chi connectivity index (χ2v) is 12.3. The average Bonchev–Trinajstić information content (AvgIpc) is 3.09. The van der Waals surface area contributed by atoms with Gasteiger partial charge >= 0.3 is 5.97 Å². The van der Waals surface area contributed by atoms with E-state index in [-0.39, 0.29) is 64.8 Å². The van der Waals surface area contributed by atoms with Crippen LogP contribution in [0.25, 0.3) is 0 Å². The van der Waals surface area contributed by atoms with Gasteiger partial charge in [0.1, 0.15) is 0 Å². The summed E-state index contributed by atoms with van der Waals surface area (Å²) in [4.78, 5) is 11.2. The molecule has 0 aromatic carbocycles. The van der Waals surface area contributed by atoms with Crippen molar-refractivity contribution in [2.45, 2.75) is 103 Å². The van der Waals surface area contributed by atoms with Gasteiger partial charge in [-0.05, 0) is 97.2 Å². The highest BCUT2D eigenvalue weighted by atomic mass is 16.4. The number of carboxylic acids is 1. The third kappa shape index (κ3) is 3.47. The first-order valence-electron chi connectivity index (χ1n) is 12.9. The molecule has 184 valence electrons. The van der Waals surface area contributed by atoms with Crippen molar-refractivity contribution in [2.75, 3.05) is 0 Å². The SMILES string of the molecule is CC[C@H]1[C@@H](O)[C@H]2C3CC[C@H]([C@H](C)C[C@H](O)C(=O)O)[C@@]3(C)[C@@H](O)CC2[C@@]2(C)CC[C@@H](O)C[C@@H]12. The van der Waals surface area contributed by atoms with Gasteiger partial charge in [0.2, 0.25) is 0 Å². The second-order valence-electron chi connectivity index (χ2n) is 12.3. The highest BCUT2D eigenvalue weighted by molar-refractivity contribution is 5.71. The summed E-state index contributed by atoms with van der Waals surface area (Å²) in [5.74, 6) is -0.0587. The molecule has 4 aliphatic carbocycles. The minimum Gasteiger partial charge on any atom is -0.479 e. The van der Waals surface area contributed by atoms with E-state index in [0.29, 0.717) is 6.42 Å². The molecule has 4 fully saturated rings. The Morgan fingerprint density at radius 2 is 1.72 bits per heavy atom. The Morgan fingerprint density at radius 3 is 2.34 bits per heavy atom. The highest BCUT2D eigenvalue weighted by Gasteiger charge is 2.67. The van der Waals surface area contributed by atoms with Crippen LogP contribution in [0.2, 0.25) is 0 Å². The van der Waals surface area contributed by atoms with E-state index in [1.165, 1.54) is 0 Å². The monoisotopic (exact) mass is 452 g/mol. The van der Waals surface area contributed by atoms with Crippen LogP contribution < -0.4 is 0 Å². The van der Waals surface area contributed by atoms with Crippen LogP contribution in [0.15, 0.2) is 0 Å². The minimum atomic E-state index is -1.38. The molecule has 0 saturated heterocycles. The predicted octanol–water partition coefficient (Wildman–Crippen LogP) is 3.06. The van der Waals surface area contributed by atoms with E-state index < -0.39 is 24.3 Å². The molecule has 5 N–H and O–H groups in total. The van der Waals surface area contributed by atoms with Crippen molar-refractivity contribution < 1.29 is 30.3 Å². The smallest absolute Gasteiger partial charge is 0.332 e. The van der Waals surface area contributed by atoms with Crippen LogP contribution in [-0.4, -0.2) is 55.9 Å². The van der Waals surface area contributed by atoms with Gasteiger partial charge in [-0.1, -0.05) is 34.1 Å². The molecule has 4 saturated carbocycles. The Hall–Kier alpha value is -0.690. The van der Waals surface area contributed by atoms with Crippen molar-refractivity contribution in [1.29, 1.82) is 0 Å². The molecule has 2 unspecified atom stereocenters. The fourth-order valence-corrected chi connectivity index (χ4v) is 9.51. The number of aliphatic carboxylic acids is 1.